The van der Waals surface area contributed by atoms with Crippen molar-refractivity contribution in [2.75, 3.05) is 0 Å². The largest absolute Gasteiger partial charge is 0.423 e. The fraction of sp³-hybridized carbons (Fsp3) is 0. The number of hydrogen-bond acceptors (Lipinski definition) is 0. The molecular weight excluding hydrogens is 194 g/mol. The molecule has 0 radical (unpaired) electrons. The Morgan fingerprint density at radius 1 is 1.14 bits per heavy atom. The van der Waals surface area contributed by atoms with Gasteiger partial charge in [0.2, 0.25) is 0 Å². The van der Waals surface area contributed by atoms with E-state index in [1.165, 1.54) is 0 Å². The fourth-order valence-corrected chi connectivity index (χ4v) is 1.45. The molecule has 0 nitrogen and oxygen atoms in total. The lowest BCUT2D eigenvalue weighted by Gasteiger charge is -1.89. The summed E-state index contributed by atoms with van der Waals surface area (Å²) in [7, 11) is 0. The van der Waals surface area contributed by atoms with Gasteiger partial charge in [0, 0.05) is 5.38 Å². The van der Waals surface area contributed by atoms with E-state index in [4.69, 9.17) is 44.8 Å². The Labute approximate surface area is 61.8 Å². The highest BCUT2D eigenvalue weighted by Gasteiger charge is 2.20. The zero-order chi connectivity index (χ0) is 5.91. The first kappa shape index (κ1) is 7.94. The van der Waals surface area contributed by atoms with Gasteiger partial charge in [-0.25, -0.2) is 0 Å². The molecule has 0 atom stereocenters. The minimum absolute atomic E-state index is 2.00. The van der Waals surface area contributed by atoms with Crippen LogP contribution in [0, 0.1) is 10.9 Å². The zero-order valence-corrected chi connectivity index (χ0v) is 7.04. The van der Waals surface area contributed by atoms with Gasteiger partial charge in [-0.05, 0) is 11.6 Å². The van der Waals surface area contributed by atoms with Crippen molar-refractivity contribution < 1.29 is 0 Å². The molecule has 0 rings (SSSR count). The molecule has 0 aromatic heterocycles. The molecule has 0 heterocycles. The fourth-order valence-electron chi connectivity index (χ4n) is 0.0536. The molecule has 0 saturated carbocycles. The smallest absolute Gasteiger partial charge is 0.113 e. The minimum atomic E-state index is -2.73. The topological polar surface area (TPSA) is 0 Å². The third kappa shape index (κ3) is 6.94. The van der Waals surface area contributed by atoms with Gasteiger partial charge in [0.15, 0.2) is 0 Å². The van der Waals surface area contributed by atoms with Gasteiger partial charge in [-0.2, -0.15) is 0 Å². The molecule has 0 unspecified atom stereocenters. The number of halogens is 4. The van der Waals surface area contributed by atoms with Crippen LogP contribution >= 0.6 is 44.8 Å². The first-order chi connectivity index (χ1) is 3.06. The molecule has 0 bridgehead atoms. The van der Waals surface area contributed by atoms with Crippen LogP contribution in [-0.2, 0) is 0 Å². The molecule has 0 fully saturated rings. The Hall–Kier alpha value is 0.937. The normalized spacial score (nSPS) is 9.71. The van der Waals surface area contributed by atoms with E-state index < -0.39 is 6.00 Å². The van der Waals surface area contributed by atoms with Crippen LogP contribution in [0.15, 0.2) is 0 Å². The first-order valence-corrected chi connectivity index (χ1v) is 6.67. The highest BCUT2D eigenvalue weighted by molar-refractivity contribution is 7.68. The van der Waals surface area contributed by atoms with E-state index in [0.717, 1.165) is 0 Å². The quantitative estimate of drug-likeness (QED) is 0.315. The SMILES string of the molecule is ClC#C[Si](Cl)(Cl)Cl. The van der Waals surface area contributed by atoms with Crippen LogP contribution in [0.5, 0.6) is 0 Å². The summed E-state index contributed by atoms with van der Waals surface area (Å²) in [5, 5.41) is 2.00. The van der Waals surface area contributed by atoms with E-state index in [2.05, 4.69) is 5.54 Å². The lowest BCUT2D eigenvalue weighted by Crippen LogP contribution is -2.03. The van der Waals surface area contributed by atoms with Crippen LogP contribution in [0.1, 0.15) is 0 Å². The molecule has 0 spiro atoms. The molecule has 0 amide bonds. The van der Waals surface area contributed by atoms with Gasteiger partial charge in [0.1, 0.15) is 0 Å². The zero-order valence-electron chi connectivity index (χ0n) is 3.01. The van der Waals surface area contributed by atoms with E-state index in [9.17, 15) is 0 Å². The van der Waals surface area contributed by atoms with E-state index >= 15 is 0 Å². The average Bonchev–Trinajstić information content (AvgIpc) is 1.30. The summed E-state index contributed by atoms with van der Waals surface area (Å²) in [5.41, 5.74) is 2.24. The van der Waals surface area contributed by atoms with Gasteiger partial charge in [-0.3, -0.25) is 0 Å². The van der Waals surface area contributed by atoms with Gasteiger partial charge in [-0.15, -0.1) is 33.2 Å². The van der Waals surface area contributed by atoms with Gasteiger partial charge < -0.3 is 0 Å². The Bertz CT molecular complexity index is 103. The van der Waals surface area contributed by atoms with Gasteiger partial charge in [0.25, 0.3) is 0 Å². The summed E-state index contributed by atoms with van der Waals surface area (Å²) in [6.07, 6.45) is 0. The Balaban J connectivity index is 3.72. The molecule has 0 N–H and O–H groups in total. The second-order valence-corrected chi connectivity index (χ2v) is 9.00. The molecule has 0 aliphatic heterocycles. The van der Waals surface area contributed by atoms with Crippen molar-refractivity contribution in [3.05, 3.63) is 0 Å². The molecule has 0 aliphatic rings. The van der Waals surface area contributed by atoms with Crippen LogP contribution in [0.3, 0.4) is 0 Å². The van der Waals surface area contributed by atoms with E-state index in [1.807, 2.05) is 5.38 Å². The predicted molar refractivity (Wildman–Crippen MR) is 36.9 cm³/mol. The highest BCUT2D eigenvalue weighted by atomic mass is 35.8. The standard InChI is InChI=1S/C2Cl4Si/c3-1-2-7(4,5)6. The van der Waals surface area contributed by atoms with E-state index in [-0.39, 0.29) is 0 Å². The number of rotatable bonds is 0. The minimum Gasteiger partial charge on any atom is -0.113 e. The van der Waals surface area contributed by atoms with E-state index in [0.29, 0.717) is 0 Å². The molecular formula is C2Cl4Si. The van der Waals surface area contributed by atoms with Crippen molar-refractivity contribution in [2.24, 2.45) is 0 Å². The van der Waals surface area contributed by atoms with Crippen molar-refractivity contribution in [3.63, 3.8) is 0 Å². The average molecular weight is 194 g/mol. The highest BCUT2D eigenvalue weighted by Crippen LogP contribution is 2.17. The van der Waals surface area contributed by atoms with Gasteiger partial charge in [0.05, 0.1) is 0 Å². The third-order valence-corrected chi connectivity index (χ3v) is 1.70. The molecule has 0 aromatic carbocycles. The second kappa shape index (κ2) is 3.06. The van der Waals surface area contributed by atoms with Crippen LogP contribution in [-0.4, -0.2) is 6.00 Å². The Morgan fingerprint density at radius 3 is 1.57 bits per heavy atom. The van der Waals surface area contributed by atoms with Crippen molar-refractivity contribution in [1.82, 2.24) is 0 Å². The lowest BCUT2D eigenvalue weighted by atomic mass is 11.4. The predicted octanol–water partition coefficient (Wildman–Crippen LogP) is 2.38. The molecule has 0 saturated heterocycles. The van der Waals surface area contributed by atoms with Crippen LogP contribution in [0.2, 0.25) is 0 Å². The summed E-state index contributed by atoms with van der Waals surface area (Å²) in [6.45, 7) is 0. The summed E-state index contributed by atoms with van der Waals surface area (Å²) in [5.74, 6) is 0. The van der Waals surface area contributed by atoms with Crippen molar-refractivity contribution in [2.45, 2.75) is 0 Å². The number of hydrogen-bond donors (Lipinski definition) is 0. The molecule has 40 valence electrons. The first-order valence-electron chi connectivity index (χ1n) is 1.26. The van der Waals surface area contributed by atoms with Gasteiger partial charge >= 0.3 is 6.00 Å². The second-order valence-electron chi connectivity index (χ2n) is 0.717. The maximum absolute atomic E-state index is 5.24. The summed E-state index contributed by atoms with van der Waals surface area (Å²) in [4.78, 5) is 0. The molecule has 7 heavy (non-hydrogen) atoms. The monoisotopic (exact) mass is 192 g/mol. The molecule has 5 heteroatoms. The maximum atomic E-state index is 5.24. The maximum Gasteiger partial charge on any atom is 0.423 e. The third-order valence-electron chi connectivity index (χ3n) is 0.189. The van der Waals surface area contributed by atoms with Crippen LogP contribution in [0.4, 0.5) is 0 Å². The van der Waals surface area contributed by atoms with Crippen molar-refractivity contribution in [3.8, 4) is 10.9 Å². The van der Waals surface area contributed by atoms with E-state index in [1.54, 1.807) is 0 Å². The summed E-state index contributed by atoms with van der Waals surface area (Å²) in [6, 6.07) is -2.73. The van der Waals surface area contributed by atoms with Crippen molar-refractivity contribution >= 4 is 50.8 Å². The van der Waals surface area contributed by atoms with Crippen LogP contribution in [0.25, 0.3) is 0 Å². The Kier molecular flexibility index (Phi) is 3.47. The summed E-state index contributed by atoms with van der Waals surface area (Å²) >= 11 is 20.6. The van der Waals surface area contributed by atoms with Gasteiger partial charge in [-0.1, -0.05) is 5.54 Å². The summed E-state index contributed by atoms with van der Waals surface area (Å²) < 4.78 is 0. The van der Waals surface area contributed by atoms with Crippen LogP contribution < -0.4 is 0 Å². The molecule has 0 aromatic rings. The Morgan fingerprint density at radius 2 is 1.57 bits per heavy atom. The molecule has 0 aliphatic carbocycles. The lowest BCUT2D eigenvalue weighted by molar-refractivity contribution is 2.87. The van der Waals surface area contributed by atoms with Crippen molar-refractivity contribution in [1.29, 1.82) is 0 Å².